The van der Waals surface area contributed by atoms with Crippen molar-refractivity contribution in [1.82, 2.24) is 15.4 Å². The first kappa shape index (κ1) is 19.8. The third-order valence-corrected chi connectivity index (χ3v) is 5.00. The number of carbonyl (C=O) groups excluding carboxylic acids is 1. The summed E-state index contributed by atoms with van der Waals surface area (Å²) in [4.78, 5) is 18.8. The van der Waals surface area contributed by atoms with Gasteiger partial charge in [-0.1, -0.05) is 36.4 Å². The van der Waals surface area contributed by atoms with Crippen LogP contribution in [0.1, 0.15) is 44.7 Å². The molecule has 3 N–H and O–H groups in total. The van der Waals surface area contributed by atoms with Gasteiger partial charge in [0.05, 0.1) is 5.92 Å². The van der Waals surface area contributed by atoms with Crippen molar-refractivity contribution in [3.05, 3.63) is 72.1 Å². The third-order valence-electron chi connectivity index (χ3n) is 5.00. The maximum Gasteiger partial charge on any atom is 0.428 e. The molecule has 2 aromatic heterocycles. The highest BCUT2D eigenvalue weighted by Gasteiger charge is 2.24. The number of rotatable bonds is 4. The average Bonchev–Trinajstić information content (AvgIpc) is 3.31. The first-order chi connectivity index (χ1) is 14.3. The van der Waals surface area contributed by atoms with E-state index in [1.165, 1.54) is 0 Å². The van der Waals surface area contributed by atoms with E-state index in [1.807, 2.05) is 64.4 Å². The van der Waals surface area contributed by atoms with E-state index in [9.17, 15) is 4.79 Å². The van der Waals surface area contributed by atoms with Crippen LogP contribution in [0.3, 0.4) is 0 Å². The normalized spacial score (nSPS) is 12.6. The van der Waals surface area contributed by atoms with Gasteiger partial charge >= 0.3 is 6.09 Å². The predicted molar refractivity (Wildman–Crippen MR) is 121 cm³/mol. The quantitative estimate of drug-likeness (QED) is 0.303. The number of aromatic nitrogens is 2. The summed E-state index contributed by atoms with van der Waals surface area (Å²) in [7, 11) is 0. The Morgan fingerprint density at radius 2 is 1.43 bits per heavy atom. The van der Waals surface area contributed by atoms with Gasteiger partial charge in [0.15, 0.2) is 0 Å². The van der Waals surface area contributed by atoms with Gasteiger partial charge in [-0.25, -0.2) is 10.2 Å². The van der Waals surface area contributed by atoms with Gasteiger partial charge in [0.25, 0.3) is 0 Å². The van der Waals surface area contributed by atoms with Gasteiger partial charge in [-0.05, 0) is 51.0 Å². The highest BCUT2D eigenvalue weighted by atomic mass is 16.6. The molecular formula is C24H26N4O2. The van der Waals surface area contributed by atoms with Gasteiger partial charge in [-0.3, -0.25) is 0 Å². The van der Waals surface area contributed by atoms with Crippen LogP contribution < -0.4 is 5.43 Å². The van der Waals surface area contributed by atoms with Crippen molar-refractivity contribution in [2.75, 3.05) is 0 Å². The fraction of sp³-hybridized carbons (Fsp3) is 0.250. The van der Waals surface area contributed by atoms with E-state index in [2.05, 4.69) is 44.8 Å². The number of nitrogens with one attached hydrogen (secondary N) is 3. The Labute approximate surface area is 175 Å². The smallest absolute Gasteiger partial charge is 0.428 e. The maximum atomic E-state index is 12.1. The molecule has 6 nitrogen and oxygen atoms in total. The Balaban J connectivity index is 1.78. The molecule has 2 heterocycles. The Morgan fingerprint density at radius 1 is 0.933 bits per heavy atom. The van der Waals surface area contributed by atoms with Gasteiger partial charge in [0.1, 0.15) is 5.60 Å². The second kappa shape index (κ2) is 7.71. The van der Waals surface area contributed by atoms with Crippen molar-refractivity contribution in [2.24, 2.45) is 5.10 Å². The molecule has 0 atom stereocenters. The summed E-state index contributed by atoms with van der Waals surface area (Å²) in [5, 5.41) is 6.65. The van der Waals surface area contributed by atoms with E-state index in [4.69, 9.17) is 4.74 Å². The first-order valence-electron chi connectivity index (χ1n) is 9.99. The van der Waals surface area contributed by atoms with E-state index in [0.717, 1.165) is 38.6 Å². The zero-order valence-corrected chi connectivity index (χ0v) is 17.6. The zero-order valence-electron chi connectivity index (χ0n) is 17.6. The lowest BCUT2D eigenvalue weighted by Gasteiger charge is -2.20. The van der Waals surface area contributed by atoms with E-state index >= 15 is 0 Å². The Bertz CT molecular complexity index is 1150. The van der Waals surface area contributed by atoms with Gasteiger partial charge < -0.3 is 14.7 Å². The minimum Gasteiger partial charge on any atom is -0.443 e. The molecule has 30 heavy (non-hydrogen) atoms. The number of hydrazone groups is 1. The van der Waals surface area contributed by atoms with Crippen LogP contribution in [0, 0.1) is 0 Å². The van der Waals surface area contributed by atoms with Crippen molar-refractivity contribution < 1.29 is 9.53 Å². The summed E-state index contributed by atoms with van der Waals surface area (Å²) in [6, 6.07) is 16.4. The number of hydrogen-bond acceptors (Lipinski definition) is 3. The molecule has 4 aromatic rings. The van der Waals surface area contributed by atoms with Crippen molar-refractivity contribution in [2.45, 2.75) is 39.2 Å². The third kappa shape index (κ3) is 3.94. The second-order valence-corrected chi connectivity index (χ2v) is 8.38. The van der Waals surface area contributed by atoms with Gasteiger partial charge in [-0.15, -0.1) is 0 Å². The van der Waals surface area contributed by atoms with Gasteiger partial charge in [-0.2, -0.15) is 5.10 Å². The topological polar surface area (TPSA) is 82.3 Å². The number of hydrogen-bond donors (Lipinski definition) is 3. The SMILES string of the molecule is C/C(=N\NC(=O)OC(C)(C)C)C(c1c[nH]c2ccccc12)c1c[nH]c2ccccc12. The van der Waals surface area contributed by atoms with Crippen LogP contribution >= 0.6 is 0 Å². The summed E-state index contributed by atoms with van der Waals surface area (Å²) in [6.07, 6.45) is 3.46. The van der Waals surface area contributed by atoms with E-state index in [1.54, 1.807) is 0 Å². The summed E-state index contributed by atoms with van der Waals surface area (Å²) in [6.45, 7) is 7.39. The van der Waals surface area contributed by atoms with Crippen LogP contribution in [0.25, 0.3) is 21.8 Å². The lowest BCUT2D eigenvalue weighted by atomic mass is 9.87. The molecule has 0 unspecified atom stereocenters. The molecule has 0 bridgehead atoms. The van der Waals surface area contributed by atoms with E-state index in [-0.39, 0.29) is 5.92 Å². The number of aromatic amines is 2. The number of amides is 1. The molecule has 1 amide bonds. The van der Waals surface area contributed by atoms with Crippen molar-refractivity contribution in [1.29, 1.82) is 0 Å². The Kier molecular flexibility index (Phi) is 5.08. The maximum absolute atomic E-state index is 12.1. The summed E-state index contributed by atoms with van der Waals surface area (Å²) in [5.41, 5.74) is 7.04. The molecule has 2 aromatic carbocycles. The highest BCUT2D eigenvalue weighted by Crippen LogP contribution is 2.35. The molecule has 0 fully saturated rings. The minimum absolute atomic E-state index is 0.146. The summed E-state index contributed by atoms with van der Waals surface area (Å²) < 4.78 is 5.32. The molecule has 0 saturated carbocycles. The molecular weight excluding hydrogens is 376 g/mol. The van der Waals surface area contributed by atoms with E-state index < -0.39 is 11.7 Å². The Morgan fingerprint density at radius 3 is 1.93 bits per heavy atom. The lowest BCUT2D eigenvalue weighted by Crippen LogP contribution is -2.30. The summed E-state index contributed by atoms with van der Waals surface area (Å²) in [5.74, 6) is -0.146. The van der Waals surface area contributed by atoms with Crippen LogP contribution in [0.2, 0.25) is 0 Å². The molecule has 0 aliphatic carbocycles. The standard InChI is InChI=1S/C24H26N4O2/c1-15(27-28-23(29)30-24(2,3)4)22(18-13-25-20-11-7-5-9-16(18)20)19-14-26-21-12-8-6-10-17(19)21/h5-14,22,25-26H,1-4H3,(H,28,29)/b27-15+. The van der Waals surface area contributed by atoms with Crippen molar-refractivity contribution in [3.8, 4) is 0 Å². The molecule has 0 radical (unpaired) electrons. The van der Waals surface area contributed by atoms with Gasteiger partial charge in [0.2, 0.25) is 0 Å². The fourth-order valence-electron chi connectivity index (χ4n) is 3.78. The van der Waals surface area contributed by atoms with Crippen LogP contribution in [-0.4, -0.2) is 27.4 Å². The van der Waals surface area contributed by atoms with E-state index in [0.29, 0.717) is 0 Å². The predicted octanol–water partition coefficient (Wildman–Crippen LogP) is 5.68. The van der Waals surface area contributed by atoms with Crippen LogP contribution in [0.5, 0.6) is 0 Å². The number of H-pyrrole nitrogens is 2. The number of fused-ring (bicyclic) bond motifs is 2. The number of carbonyl (C=O) groups is 1. The fourth-order valence-corrected chi connectivity index (χ4v) is 3.78. The molecule has 6 heteroatoms. The first-order valence-corrected chi connectivity index (χ1v) is 9.99. The number of para-hydroxylation sites is 2. The zero-order chi connectivity index (χ0) is 21.3. The lowest BCUT2D eigenvalue weighted by molar-refractivity contribution is 0.0529. The summed E-state index contributed by atoms with van der Waals surface area (Å²) >= 11 is 0. The molecule has 0 saturated heterocycles. The highest BCUT2D eigenvalue weighted by molar-refractivity contribution is 6.01. The number of benzene rings is 2. The second-order valence-electron chi connectivity index (χ2n) is 8.38. The number of nitrogens with zero attached hydrogens (tertiary/aromatic N) is 1. The van der Waals surface area contributed by atoms with Crippen molar-refractivity contribution >= 4 is 33.6 Å². The average molecular weight is 402 g/mol. The van der Waals surface area contributed by atoms with Crippen LogP contribution in [0.15, 0.2) is 66.0 Å². The van der Waals surface area contributed by atoms with Crippen LogP contribution in [-0.2, 0) is 4.74 Å². The molecule has 4 rings (SSSR count). The molecule has 154 valence electrons. The van der Waals surface area contributed by atoms with Gasteiger partial charge in [0, 0.05) is 39.9 Å². The Hall–Kier alpha value is -3.54. The van der Waals surface area contributed by atoms with Crippen molar-refractivity contribution in [3.63, 3.8) is 0 Å². The monoisotopic (exact) mass is 402 g/mol. The minimum atomic E-state index is -0.583. The molecule has 0 spiro atoms. The van der Waals surface area contributed by atoms with Crippen LogP contribution in [0.4, 0.5) is 4.79 Å². The molecule has 0 aliphatic rings. The number of ether oxygens (including phenoxy) is 1. The molecule has 0 aliphatic heterocycles. The largest absolute Gasteiger partial charge is 0.443 e.